The standard InChI is InChI=1S/C62H67FN4O11S2Si/c1-12-30-72-36-48(37-75-80(69,70)49-25-18-39(3)19-26-49)76-47-31-40(4)54(41(5)32-47)55-56-59(65-38-66-60(56)79-57(55)42-20-22-44(63)23-21-42)77-53(61(68)73-13-2)34-43-33-46(78-81(10,11)62(6,7)8)24-27-51(43)74-35-45-28-29-64-58(67-45)50-16-14-15-17-52(50)71-9/h12,14-29,31-33,38,48,53H,1,13,30,34-37H2,2-11H3/t48-,53-/m1/s1. The number of benzene rings is 5. The molecule has 0 aliphatic heterocycles. The van der Waals surface area contributed by atoms with Crippen LogP contribution in [0.2, 0.25) is 18.1 Å². The number of thiophene rings is 1. The van der Waals surface area contributed by atoms with Crippen molar-refractivity contribution in [2.45, 2.75) is 96.7 Å². The van der Waals surface area contributed by atoms with Crippen molar-refractivity contribution in [1.82, 2.24) is 19.9 Å². The second-order valence-electron chi connectivity index (χ2n) is 20.8. The van der Waals surface area contributed by atoms with E-state index >= 15 is 0 Å². The molecule has 8 rings (SSSR count). The highest BCUT2D eigenvalue weighted by molar-refractivity contribution is 7.86. The molecular formula is C62H67FN4O11S2Si. The van der Waals surface area contributed by atoms with Crippen LogP contribution in [0.4, 0.5) is 4.39 Å². The molecule has 3 aromatic heterocycles. The van der Waals surface area contributed by atoms with Crippen LogP contribution >= 0.6 is 11.3 Å². The fraction of sp³-hybridized carbons (Fsp3) is 0.306. The minimum absolute atomic E-state index is 0.00599. The van der Waals surface area contributed by atoms with Crippen LogP contribution in [0.15, 0.2) is 139 Å². The summed E-state index contributed by atoms with van der Waals surface area (Å²) in [6.45, 7) is 21.9. The van der Waals surface area contributed by atoms with Gasteiger partial charge in [-0.05, 0) is 141 Å². The number of rotatable bonds is 25. The van der Waals surface area contributed by atoms with Crippen molar-refractivity contribution < 1.29 is 54.6 Å². The average molecular weight is 1160 g/mol. The Morgan fingerprint density at radius 1 is 0.840 bits per heavy atom. The zero-order valence-corrected chi connectivity index (χ0v) is 49.8. The van der Waals surface area contributed by atoms with Crippen LogP contribution in [0.1, 0.15) is 55.6 Å². The van der Waals surface area contributed by atoms with E-state index in [1.807, 2.05) is 75.4 Å². The van der Waals surface area contributed by atoms with E-state index < -0.39 is 42.4 Å². The lowest BCUT2D eigenvalue weighted by Gasteiger charge is -2.36. The SMILES string of the molecule is C=CCOC[C@H](COS(=O)(=O)c1ccc(C)cc1)Oc1cc(C)c(-c2c(-c3ccc(F)cc3)sc3ncnc(O[C@H](Cc4cc(O[Si](C)(C)C(C)(C)C)ccc4OCc4ccnc(-c5ccccc5OC)n4)C(=O)OCC)c23)c(C)c1. The number of hydrogen-bond donors (Lipinski definition) is 0. The molecule has 2 atom stereocenters. The molecule has 0 aliphatic rings. The number of carbonyl (C=O) groups excluding carboxylic acids is 1. The molecule has 81 heavy (non-hydrogen) atoms. The maximum atomic E-state index is 14.6. The van der Waals surface area contributed by atoms with E-state index in [0.717, 1.165) is 32.7 Å². The van der Waals surface area contributed by atoms with Crippen molar-refractivity contribution in [3.05, 3.63) is 168 Å². The number of carbonyl (C=O) groups is 1. The molecular weight excluding hydrogens is 1090 g/mol. The molecule has 0 fully saturated rings. The van der Waals surface area contributed by atoms with Crippen LogP contribution in [0.5, 0.6) is 28.9 Å². The number of nitrogens with zero attached hydrogens (tertiary/aromatic N) is 4. The predicted octanol–water partition coefficient (Wildman–Crippen LogP) is 13.4. The largest absolute Gasteiger partial charge is 0.543 e. The predicted molar refractivity (Wildman–Crippen MR) is 315 cm³/mol. The molecule has 19 heteroatoms. The van der Waals surface area contributed by atoms with E-state index in [1.54, 1.807) is 56.6 Å². The van der Waals surface area contributed by atoms with Crippen LogP contribution in [-0.4, -0.2) is 88.4 Å². The van der Waals surface area contributed by atoms with Gasteiger partial charge in [-0.25, -0.2) is 29.1 Å². The summed E-state index contributed by atoms with van der Waals surface area (Å²) >= 11 is 1.36. The van der Waals surface area contributed by atoms with Gasteiger partial charge in [-0.2, -0.15) is 8.42 Å². The molecule has 0 radical (unpaired) electrons. The highest BCUT2D eigenvalue weighted by Crippen LogP contribution is 2.50. The van der Waals surface area contributed by atoms with Gasteiger partial charge < -0.3 is 32.8 Å². The van der Waals surface area contributed by atoms with Gasteiger partial charge in [0.05, 0.1) is 48.5 Å². The van der Waals surface area contributed by atoms with Crippen molar-refractivity contribution in [2.24, 2.45) is 0 Å². The van der Waals surface area contributed by atoms with Crippen LogP contribution in [0, 0.1) is 26.6 Å². The van der Waals surface area contributed by atoms with Crippen molar-refractivity contribution in [3.8, 4) is 61.8 Å². The molecule has 0 saturated carbocycles. The monoisotopic (exact) mass is 1150 g/mol. The van der Waals surface area contributed by atoms with Crippen molar-refractivity contribution in [1.29, 1.82) is 0 Å². The number of hydrogen-bond acceptors (Lipinski definition) is 16. The number of fused-ring (bicyclic) bond motifs is 1. The zero-order valence-electron chi connectivity index (χ0n) is 47.2. The Balaban J connectivity index is 1.18. The summed E-state index contributed by atoms with van der Waals surface area (Å²) in [5.74, 6) is 1.63. The van der Waals surface area contributed by atoms with Crippen LogP contribution in [0.25, 0.3) is 43.2 Å². The quantitative estimate of drug-likeness (QED) is 0.0173. The first-order valence-corrected chi connectivity index (χ1v) is 31.5. The highest BCUT2D eigenvalue weighted by atomic mass is 32.2. The Morgan fingerprint density at radius 2 is 1.57 bits per heavy atom. The maximum Gasteiger partial charge on any atom is 0.347 e. The molecule has 0 N–H and O–H groups in total. The van der Waals surface area contributed by atoms with Gasteiger partial charge in [0.2, 0.25) is 20.3 Å². The summed E-state index contributed by atoms with van der Waals surface area (Å²) in [6.07, 6.45) is 2.47. The van der Waals surface area contributed by atoms with Gasteiger partial charge in [-0.1, -0.05) is 68.8 Å². The maximum absolute atomic E-state index is 14.6. The van der Waals surface area contributed by atoms with Gasteiger partial charge in [0.15, 0.2) is 5.82 Å². The fourth-order valence-electron chi connectivity index (χ4n) is 8.65. The summed E-state index contributed by atoms with van der Waals surface area (Å²) in [5.41, 5.74) is 6.47. The third-order valence-corrected chi connectivity index (χ3v) is 20.5. The van der Waals surface area contributed by atoms with Crippen molar-refractivity contribution in [3.63, 3.8) is 0 Å². The van der Waals surface area contributed by atoms with Gasteiger partial charge in [-0.3, -0.25) is 4.18 Å². The van der Waals surface area contributed by atoms with Crippen LogP contribution < -0.4 is 23.4 Å². The lowest BCUT2D eigenvalue weighted by molar-refractivity contribution is -0.151. The summed E-state index contributed by atoms with van der Waals surface area (Å²) in [4.78, 5) is 34.4. The Labute approximate surface area is 478 Å². The number of methoxy groups -OCH3 is 1. The smallest absolute Gasteiger partial charge is 0.347 e. The summed E-state index contributed by atoms with van der Waals surface area (Å²) in [7, 11) is -4.90. The van der Waals surface area contributed by atoms with Gasteiger partial charge in [0.1, 0.15) is 59.3 Å². The van der Waals surface area contributed by atoms with E-state index in [4.69, 9.17) is 52.0 Å². The molecule has 0 bridgehead atoms. The highest BCUT2D eigenvalue weighted by Gasteiger charge is 2.39. The topological polar surface area (TPSA) is 177 Å². The summed E-state index contributed by atoms with van der Waals surface area (Å²) in [5, 5.41) is 0.381. The number of aryl methyl sites for hydroxylation is 3. The lowest BCUT2D eigenvalue weighted by Crippen LogP contribution is -2.43. The van der Waals surface area contributed by atoms with E-state index in [9.17, 15) is 17.6 Å². The molecule has 0 unspecified atom stereocenters. The van der Waals surface area contributed by atoms with Gasteiger partial charge >= 0.3 is 5.97 Å². The van der Waals surface area contributed by atoms with Crippen molar-refractivity contribution in [2.75, 3.05) is 33.5 Å². The van der Waals surface area contributed by atoms with E-state index in [-0.39, 0.29) is 55.3 Å². The normalized spacial score (nSPS) is 12.6. The van der Waals surface area contributed by atoms with Gasteiger partial charge in [-0.15, -0.1) is 17.9 Å². The average Bonchev–Trinajstić information content (AvgIpc) is 3.83. The van der Waals surface area contributed by atoms with Gasteiger partial charge in [0.25, 0.3) is 10.1 Å². The number of halogens is 1. The van der Waals surface area contributed by atoms with Gasteiger partial charge in [0, 0.05) is 28.6 Å². The number of ether oxygens (including phenoxy) is 6. The summed E-state index contributed by atoms with van der Waals surface area (Å²) < 4.78 is 90.5. The van der Waals surface area contributed by atoms with Crippen LogP contribution in [-0.2, 0) is 41.6 Å². The zero-order chi connectivity index (χ0) is 58.1. The first-order valence-electron chi connectivity index (χ1n) is 26.4. The number of esters is 1. The fourth-order valence-corrected chi connectivity index (χ4v) is 11.8. The van der Waals surface area contributed by atoms with E-state index in [2.05, 4.69) is 45.4 Å². The molecule has 0 amide bonds. The molecule has 5 aromatic carbocycles. The number of para-hydroxylation sites is 1. The van der Waals surface area contributed by atoms with Crippen molar-refractivity contribution >= 4 is 46.0 Å². The minimum Gasteiger partial charge on any atom is -0.543 e. The minimum atomic E-state index is -4.13. The Hall–Kier alpha value is -7.55. The molecule has 15 nitrogen and oxygen atoms in total. The van der Waals surface area contributed by atoms with E-state index in [0.29, 0.717) is 61.4 Å². The second kappa shape index (κ2) is 25.9. The molecule has 424 valence electrons. The first kappa shape index (κ1) is 59.6. The Bertz CT molecular complexity index is 3610. The third-order valence-electron chi connectivity index (χ3n) is 13.7. The number of aromatic nitrogens is 4. The van der Waals surface area contributed by atoms with Crippen LogP contribution in [0.3, 0.4) is 0 Å². The molecule has 8 aromatic rings. The molecule has 3 heterocycles. The molecule has 0 aliphatic carbocycles. The Morgan fingerprint density at radius 3 is 2.26 bits per heavy atom. The lowest BCUT2D eigenvalue weighted by atomic mass is 9.92. The first-order chi connectivity index (χ1) is 38.7. The Kier molecular flexibility index (Phi) is 19.1. The molecule has 0 saturated heterocycles. The molecule has 0 spiro atoms. The summed E-state index contributed by atoms with van der Waals surface area (Å²) in [6, 6.07) is 31.1. The second-order valence-corrected chi connectivity index (χ2v) is 28.1. The third kappa shape index (κ3) is 14.5. The van der Waals surface area contributed by atoms with E-state index in [1.165, 1.54) is 41.9 Å².